The molecule has 2 aromatic rings. The third-order valence-electron chi connectivity index (χ3n) is 3.54. The van der Waals surface area contributed by atoms with Crippen LogP contribution in [0, 0.1) is 0 Å². The maximum atomic E-state index is 11.7. The molecule has 0 aliphatic rings. The molecular formula is C20H20O5. The Bertz CT molecular complexity index is 720. The van der Waals surface area contributed by atoms with Crippen LogP contribution in [0.4, 0.5) is 0 Å². The van der Waals surface area contributed by atoms with Crippen LogP contribution in [0.1, 0.15) is 35.7 Å². The molecule has 25 heavy (non-hydrogen) atoms. The molecule has 0 atom stereocenters. The third-order valence-corrected chi connectivity index (χ3v) is 3.54. The number of hydrogen-bond acceptors (Lipinski definition) is 5. The molecule has 5 heteroatoms. The van der Waals surface area contributed by atoms with E-state index in [0.717, 1.165) is 5.56 Å². The Balaban J connectivity index is 1.72. The van der Waals surface area contributed by atoms with Crippen molar-refractivity contribution in [3.8, 4) is 5.75 Å². The highest BCUT2D eigenvalue weighted by atomic mass is 16.5. The van der Waals surface area contributed by atoms with E-state index in [1.807, 2.05) is 30.3 Å². The molecule has 0 aromatic heterocycles. The van der Waals surface area contributed by atoms with Gasteiger partial charge in [-0.3, -0.25) is 9.59 Å². The van der Waals surface area contributed by atoms with E-state index in [4.69, 9.17) is 9.47 Å². The molecule has 0 aliphatic heterocycles. The molecule has 0 bridgehead atoms. The van der Waals surface area contributed by atoms with Crippen molar-refractivity contribution in [2.75, 3.05) is 6.61 Å². The molecule has 0 radical (unpaired) electrons. The highest BCUT2D eigenvalue weighted by molar-refractivity contribution is 6.33. The predicted molar refractivity (Wildman–Crippen MR) is 92.4 cm³/mol. The van der Waals surface area contributed by atoms with Gasteiger partial charge in [-0.2, -0.15) is 0 Å². The van der Waals surface area contributed by atoms with Crippen LogP contribution in [0.2, 0.25) is 0 Å². The number of ketones is 2. The summed E-state index contributed by atoms with van der Waals surface area (Å²) in [6, 6.07) is 15.8. The second-order valence-electron chi connectivity index (χ2n) is 5.38. The number of carbonyl (C=O) groups excluding carboxylic acids is 3. The summed E-state index contributed by atoms with van der Waals surface area (Å²) in [4.78, 5) is 34.9. The molecule has 0 spiro atoms. The van der Waals surface area contributed by atoms with Crippen molar-refractivity contribution in [2.45, 2.75) is 26.4 Å². The molecule has 0 saturated carbocycles. The van der Waals surface area contributed by atoms with E-state index in [1.54, 1.807) is 31.2 Å². The van der Waals surface area contributed by atoms with Gasteiger partial charge in [0.25, 0.3) is 0 Å². The van der Waals surface area contributed by atoms with Crippen molar-refractivity contribution in [1.82, 2.24) is 0 Å². The van der Waals surface area contributed by atoms with Crippen LogP contribution in [0.25, 0.3) is 0 Å². The van der Waals surface area contributed by atoms with Gasteiger partial charge < -0.3 is 9.47 Å². The van der Waals surface area contributed by atoms with E-state index >= 15 is 0 Å². The molecule has 0 N–H and O–H groups in total. The van der Waals surface area contributed by atoms with Gasteiger partial charge in [0.05, 0.1) is 13.0 Å². The third kappa shape index (κ3) is 5.88. The van der Waals surface area contributed by atoms with Gasteiger partial charge >= 0.3 is 5.97 Å². The lowest BCUT2D eigenvalue weighted by Crippen LogP contribution is -2.19. The lowest BCUT2D eigenvalue weighted by molar-refractivity contribution is -0.155. The van der Waals surface area contributed by atoms with Crippen LogP contribution in [0.3, 0.4) is 0 Å². The molecule has 0 amide bonds. The number of rotatable bonds is 9. The van der Waals surface area contributed by atoms with Crippen LogP contribution in [0.5, 0.6) is 5.75 Å². The maximum absolute atomic E-state index is 11.7. The number of Topliss-reactive ketones (excluding diaryl/α,β-unsaturated/α-hetero) is 2. The van der Waals surface area contributed by atoms with Gasteiger partial charge in [0, 0.05) is 12.0 Å². The Kier molecular flexibility index (Phi) is 6.89. The summed E-state index contributed by atoms with van der Waals surface area (Å²) in [6.45, 7) is 1.94. The largest absolute Gasteiger partial charge is 0.493 e. The average Bonchev–Trinajstić information content (AvgIpc) is 2.66. The Morgan fingerprint density at radius 3 is 2.24 bits per heavy atom. The van der Waals surface area contributed by atoms with E-state index < -0.39 is 11.8 Å². The SMILES string of the molecule is CCC(=O)c1ccc(OCCC(=O)C(=O)OCc2ccccc2)cc1. The molecule has 0 saturated heterocycles. The summed E-state index contributed by atoms with van der Waals surface area (Å²) in [5.74, 6) is -0.897. The molecule has 2 aromatic carbocycles. The smallest absolute Gasteiger partial charge is 0.375 e. The van der Waals surface area contributed by atoms with Crippen molar-refractivity contribution in [1.29, 1.82) is 0 Å². The summed E-state index contributed by atoms with van der Waals surface area (Å²) < 4.78 is 10.4. The number of ether oxygens (including phenoxy) is 2. The fourth-order valence-corrected chi connectivity index (χ4v) is 2.11. The van der Waals surface area contributed by atoms with Gasteiger partial charge in [0.2, 0.25) is 5.78 Å². The maximum Gasteiger partial charge on any atom is 0.375 e. The second kappa shape index (κ2) is 9.37. The molecule has 0 aliphatic carbocycles. The van der Waals surface area contributed by atoms with Crippen molar-refractivity contribution in [3.63, 3.8) is 0 Å². The van der Waals surface area contributed by atoms with Crippen LogP contribution in [-0.4, -0.2) is 24.1 Å². The summed E-state index contributed by atoms with van der Waals surface area (Å²) >= 11 is 0. The van der Waals surface area contributed by atoms with Crippen LogP contribution in [0.15, 0.2) is 54.6 Å². The molecule has 2 rings (SSSR count). The number of hydrogen-bond donors (Lipinski definition) is 0. The lowest BCUT2D eigenvalue weighted by atomic mass is 10.1. The monoisotopic (exact) mass is 340 g/mol. The fraction of sp³-hybridized carbons (Fsp3) is 0.250. The second-order valence-corrected chi connectivity index (χ2v) is 5.38. The van der Waals surface area contributed by atoms with Crippen LogP contribution >= 0.6 is 0 Å². The molecule has 0 unspecified atom stereocenters. The first-order chi connectivity index (χ1) is 12.1. The van der Waals surface area contributed by atoms with Gasteiger partial charge in [-0.05, 0) is 29.8 Å². The summed E-state index contributed by atoms with van der Waals surface area (Å²) in [7, 11) is 0. The van der Waals surface area contributed by atoms with E-state index in [-0.39, 0.29) is 25.4 Å². The first kappa shape index (κ1) is 18.4. The van der Waals surface area contributed by atoms with Crippen LogP contribution < -0.4 is 4.74 Å². The summed E-state index contributed by atoms with van der Waals surface area (Å²) in [5.41, 5.74) is 1.44. The standard InChI is InChI=1S/C20H20O5/c1-2-18(21)16-8-10-17(11-9-16)24-13-12-19(22)20(23)25-14-15-6-4-3-5-7-15/h3-11H,2,12-14H2,1H3. The molecule has 130 valence electrons. The zero-order chi connectivity index (χ0) is 18.1. The zero-order valence-corrected chi connectivity index (χ0v) is 14.1. The van der Waals surface area contributed by atoms with Gasteiger partial charge in [0.15, 0.2) is 5.78 Å². The summed E-state index contributed by atoms with van der Waals surface area (Å²) in [5, 5.41) is 0. The van der Waals surface area contributed by atoms with Gasteiger partial charge in [-0.15, -0.1) is 0 Å². The Morgan fingerprint density at radius 2 is 1.60 bits per heavy atom. The van der Waals surface area contributed by atoms with Gasteiger partial charge in [0.1, 0.15) is 12.4 Å². The molecular weight excluding hydrogens is 320 g/mol. The van der Waals surface area contributed by atoms with Gasteiger partial charge in [-0.1, -0.05) is 37.3 Å². The number of benzene rings is 2. The van der Waals surface area contributed by atoms with Crippen LogP contribution in [-0.2, 0) is 20.9 Å². The molecule has 0 fully saturated rings. The Hall–Kier alpha value is -2.95. The fourth-order valence-electron chi connectivity index (χ4n) is 2.11. The lowest BCUT2D eigenvalue weighted by Gasteiger charge is -2.07. The summed E-state index contributed by atoms with van der Waals surface area (Å²) in [6.07, 6.45) is 0.378. The van der Waals surface area contributed by atoms with Gasteiger partial charge in [-0.25, -0.2) is 4.79 Å². The molecule has 0 heterocycles. The quantitative estimate of drug-likeness (QED) is 0.398. The first-order valence-electron chi connectivity index (χ1n) is 8.10. The number of carbonyl (C=O) groups is 3. The average molecular weight is 340 g/mol. The normalized spacial score (nSPS) is 10.1. The van der Waals surface area contributed by atoms with E-state index in [0.29, 0.717) is 17.7 Å². The minimum atomic E-state index is -0.864. The van der Waals surface area contributed by atoms with E-state index in [1.165, 1.54) is 0 Å². The highest BCUT2D eigenvalue weighted by Gasteiger charge is 2.15. The highest BCUT2D eigenvalue weighted by Crippen LogP contribution is 2.13. The number of esters is 1. The van der Waals surface area contributed by atoms with Crippen molar-refractivity contribution in [2.24, 2.45) is 0 Å². The minimum absolute atomic E-state index is 0.0582. The van der Waals surface area contributed by atoms with E-state index in [2.05, 4.69) is 0 Å². The Morgan fingerprint density at radius 1 is 0.920 bits per heavy atom. The topological polar surface area (TPSA) is 69.7 Å². The molecule has 5 nitrogen and oxygen atoms in total. The first-order valence-corrected chi connectivity index (χ1v) is 8.10. The van der Waals surface area contributed by atoms with Crippen molar-refractivity contribution >= 4 is 17.5 Å². The van der Waals surface area contributed by atoms with Crippen molar-refractivity contribution in [3.05, 3.63) is 65.7 Å². The minimum Gasteiger partial charge on any atom is -0.493 e. The zero-order valence-electron chi connectivity index (χ0n) is 14.1. The predicted octanol–water partition coefficient (Wildman–Crippen LogP) is 3.36. The van der Waals surface area contributed by atoms with E-state index in [9.17, 15) is 14.4 Å². The van der Waals surface area contributed by atoms with Crippen molar-refractivity contribution < 1.29 is 23.9 Å². The Labute approximate surface area is 146 Å².